The quantitative estimate of drug-likeness (QED) is 0.565. The molecule has 1 heterocycles. The van der Waals surface area contributed by atoms with Gasteiger partial charge in [0.2, 0.25) is 11.8 Å². The summed E-state index contributed by atoms with van der Waals surface area (Å²) in [7, 11) is 0. The predicted octanol–water partition coefficient (Wildman–Crippen LogP) is -1.36. The average molecular weight is 257 g/mol. The van der Waals surface area contributed by atoms with Crippen molar-refractivity contribution in [3.63, 3.8) is 0 Å². The number of likely N-dealkylation sites (N-methyl/N-ethyl adjacent to an activating group) is 1. The Hall–Kier alpha value is -1.63. The third-order valence-corrected chi connectivity index (χ3v) is 2.92. The Morgan fingerprint density at radius 2 is 2.22 bits per heavy atom. The number of hydrogen-bond acceptors (Lipinski definition) is 4. The topological polar surface area (TPSA) is 98.7 Å². The number of hydrogen-bond donors (Lipinski definition) is 3. The van der Waals surface area contributed by atoms with Crippen molar-refractivity contribution in [2.75, 3.05) is 26.2 Å². The Morgan fingerprint density at radius 1 is 1.56 bits per heavy atom. The molecule has 2 amide bonds. The molecule has 102 valence electrons. The minimum atomic E-state index is -0.925. The molecule has 1 rings (SSSR count). The first-order chi connectivity index (χ1) is 8.45. The van der Waals surface area contributed by atoms with Gasteiger partial charge in [0.25, 0.3) is 0 Å². The standard InChI is InChI=1S/C11H19N3O4/c1-3-14(6-7(2)11(17)18)10(16)8-4-13-9(15)5-12-8/h7-8,12H,3-6H2,1-2H3,(H,13,15)(H,17,18). The van der Waals surface area contributed by atoms with E-state index in [-0.39, 0.29) is 31.4 Å². The van der Waals surface area contributed by atoms with Crippen molar-refractivity contribution in [1.29, 1.82) is 0 Å². The zero-order valence-electron chi connectivity index (χ0n) is 10.6. The average Bonchev–Trinajstić information content (AvgIpc) is 2.35. The van der Waals surface area contributed by atoms with Crippen LogP contribution in [-0.4, -0.2) is 60.0 Å². The number of piperazine rings is 1. The molecule has 1 saturated heterocycles. The molecule has 18 heavy (non-hydrogen) atoms. The predicted molar refractivity (Wildman–Crippen MR) is 63.9 cm³/mol. The van der Waals surface area contributed by atoms with Gasteiger partial charge in [-0.3, -0.25) is 19.7 Å². The van der Waals surface area contributed by atoms with Crippen molar-refractivity contribution in [1.82, 2.24) is 15.5 Å². The number of nitrogens with zero attached hydrogens (tertiary/aromatic N) is 1. The third-order valence-electron chi connectivity index (χ3n) is 2.92. The minimum Gasteiger partial charge on any atom is -0.481 e. The van der Waals surface area contributed by atoms with Crippen LogP contribution in [0.4, 0.5) is 0 Å². The van der Waals surface area contributed by atoms with Gasteiger partial charge in [-0.1, -0.05) is 6.92 Å². The molecule has 7 heteroatoms. The lowest BCUT2D eigenvalue weighted by atomic mass is 10.1. The summed E-state index contributed by atoms with van der Waals surface area (Å²) < 4.78 is 0. The van der Waals surface area contributed by atoms with Crippen molar-refractivity contribution in [3.05, 3.63) is 0 Å². The maximum atomic E-state index is 12.1. The molecule has 7 nitrogen and oxygen atoms in total. The van der Waals surface area contributed by atoms with Crippen molar-refractivity contribution in [2.24, 2.45) is 5.92 Å². The highest BCUT2D eigenvalue weighted by Crippen LogP contribution is 2.04. The van der Waals surface area contributed by atoms with Crippen LogP contribution in [0.5, 0.6) is 0 Å². The Balaban J connectivity index is 2.56. The van der Waals surface area contributed by atoms with E-state index in [0.717, 1.165) is 0 Å². The molecular formula is C11H19N3O4. The number of carbonyl (C=O) groups is 3. The lowest BCUT2D eigenvalue weighted by Crippen LogP contribution is -2.59. The third kappa shape index (κ3) is 3.69. The number of carbonyl (C=O) groups excluding carboxylic acids is 2. The largest absolute Gasteiger partial charge is 0.481 e. The van der Waals surface area contributed by atoms with Gasteiger partial charge in [0.05, 0.1) is 12.5 Å². The van der Waals surface area contributed by atoms with Gasteiger partial charge in [-0.25, -0.2) is 0 Å². The second-order valence-electron chi connectivity index (χ2n) is 4.35. The van der Waals surface area contributed by atoms with E-state index in [1.807, 2.05) is 0 Å². The second-order valence-corrected chi connectivity index (χ2v) is 4.35. The second kappa shape index (κ2) is 6.34. The van der Waals surface area contributed by atoms with E-state index in [1.165, 1.54) is 4.90 Å². The van der Waals surface area contributed by atoms with Crippen LogP contribution in [0, 0.1) is 5.92 Å². The zero-order valence-corrected chi connectivity index (χ0v) is 10.6. The highest BCUT2D eigenvalue weighted by Gasteiger charge is 2.28. The van der Waals surface area contributed by atoms with Gasteiger partial charge in [-0.05, 0) is 6.92 Å². The van der Waals surface area contributed by atoms with Gasteiger partial charge in [-0.15, -0.1) is 0 Å². The number of nitrogens with one attached hydrogen (secondary N) is 2. The van der Waals surface area contributed by atoms with E-state index in [0.29, 0.717) is 6.54 Å². The van der Waals surface area contributed by atoms with Crippen LogP contribution in [0.3, 0.4) is 0 Å². The zero-order chi connectivity index (χ0) is 13.7. The molecule has 1 aliphatic heterocycles. The molecular weight excluding hydrogens is 238 g/mol. The molecule has 0 aromatic carbocycles. The van der Waals surface area contributed by atoms with E-state index in [4.69, 9.17) is 5.11 Å². The van der Waals surface area contributed by atoms with Crippen LogP contribution >= 0.6 is 0 Å². The smallest absolute Gasteiger partial charge is 0.308 e. The maximum Gasteiger partial charge on any atom is 0.308 e. The highest BCUT2D eigenvalue weighted by atomic mass is 16.4. The van der Waals surface area contributed by atoms with Crippen LogP contribution in [0.2, 0.25) is 0 Å². The lowest BCUT2D eigenvalue weighted by Gasteiger charge is -2.30. The Labute approximate surface area is 106 Å². The molecule has 0 saturated carbocycles. The molecule has 0 radical (unpaired) electrons. The highest BCUT2D eigenvalue weighted by molar-refractivity contribution is 5.87. The van der Waals surface area contributed by atoms with E-state index in [9.17, 15) is 14.4 Å². The van der Waals surface area contributed by atoms with E-state index < -0.39 is 17.9 Å². The van der Waals surface area contributed by atoms with Gasteiger partial charge in [0, 0.05) is 19.6 Å². The molecule has 0 aromatic heterocycles. The number of carboxylic acids is 1. The summed E-state index contributed by atoms with van der Waals surface area (Å²) in [6.45, 7) is 4.35. The SMILES string of the molecule is CCN(CC(C)C(=O)O)C(=O)C1CNC(=O)CN1. The van der Waals surface area contributed by atoms with Crippen LogP contribution in [0.1, 0.15) is 13.8 Å². The fourth-order valence-corrected chi connectivity index (χ4v) is 1.75. The molecule has 0 spiro atoms. The molecule has 2 atom stereocenters. The van der Waals surface area contributed by atoms with Crippen molar-refractivity contribution < 1.29 is 19.5 Å². The molecule has 3 N–H and O–H groups in total. The monoisotopic (exact) mass is 257 g/mol. The van der Waals surface area contributed by atoms with E-state index in [1.54, 1.807) is 13.8 Å². The maximum absolute atomic E-state index is 12.1. The summed E-state index contributed by atoms with van der Waals surface area (Å²) in [6.07, 6.45) is 0. The number of aliphatic carboxylic acids is 1. The Bertz CT molecular complexity index is 335. The Morgan fingerprint density at radius 3 is 2.67 bits per heavy atom. The summed E-state index contributed by atoms with van der Waals surface area (Å²) in [5.74, 6) is -1.84. The normalized spacial score (nSPS) is 21.0. The van der Waals surface area contributed by atoms with E-state index >= 15 is 0 Å². The van der Waals surface area contributed by atoms with Gasteiger partial charge in [-0.2, -0.15) is 0 Å². The first-order valence-electron chi connectivity index (χ1n) is 5.97. The summed E-state index contributed by atoms with van der Waals surface area (Å²) in [5, 5.41) is 14.3. The van der Waals surface area contributed by atoms with E-state index in [2.05, 4.69) is 10.6 Å². The first kappa shape index (κ1) is 14.4. The van der Waals surface area contributed by atoms with Crippen molar-refractivity contribution >= 4 is 17.8 Å². The lowest BCUT2D eigenvalue weighted by molar-refractivity contribution is -0.143. The first-order valence-corrected chi connectivity index (χ1v) is 5.97. The summed E-state index contributed by atoms with van der Waals surface area (Å²) in [4.78, 5) is 35.4. The number of carboxylic acid groups (broad SMARTS) is 1. The molecule has 1 fully saturated rings. The van der Waals surface area contributed by atoms with Crippen LogP contribution in [-0.2, 0) is 14.4 Å². The van der Waals surface area contributed by atoms with Crippen molar-refractivity contribution in [2.45, 2.75) is 19.9 Å². The molecule has 0 bridgehead atoms. The number of rotatable bonds is 5. The van der Waals surface area contributed by atoms with Crippen molar-refractivity contribution in [3.8, 4) is 0 Å². The summed E-state index contributed by atoms with van der Waals surface area (Å²) in [6, 6.07) is -0.469. The van der Waals surface area contributed by atoms with Gasteiger partial charge in [0.1, 0.15) is 6.04 Å². The van der Waals surface area contributed by atoms with Crippen LogP contribution in [0.15, 0.2) is 0 Å². The fourth-order valence-electron chi connectivity index (χ4n) is 1.75. The van der Waals surface area contributed by atoms with Gasteiger partial charge in [0.15, 0.2) is 0 Å². The van der Waals surface area contributed by atoms with Crippen LogP contribution < -0.4 is 10.6 Å². The van der Waals surface area contributed by atoms with Crippen LogP contribution in [0.25, 0.3) is 0 Å². The molecule has 0 aromatic rings. The minimum absolute atomic E-state index is 0.114. The molecule has 0 aliphatic carbocycles. The number of amides is 2. The fraction of sp³-hybridized carbons (Fsp3) is 0.727. The molecule has 2 unspecified atom stereocenters. The summed E-state index contributed by atoms with van der Waals surface area (Å²) in [5.41, 5.74) is 0. The summed E-state index contributed by atoms with van der Waals surface area (Å²) >= 11 is 0. The Kier molecular flexibility index (Phi) is 5.08. The van der Waals surface area contributed by atoms with Gasteiger partial charge >= 0.3 is 5.97 Å². The van der Waals surface area contributed by atoms with Gasteiger partial charge < -0.3 is 15.3 Å². The molecule has 1 aliphatic rings.